The summed E-state index contributed by atoms with van der Waals surface area (Å²) in [6.45, 7) is 7.08. The number of hydrazine groups is 1. The van der Waals surface area contributed by atoms with Gasteiger partial charge in [-0.3, -0.25) is 4.79 Å². The fourth-order valence-electron chi connectivity index (χ4n) is 2.98. The highest BCUT2D eigenvalue weighted by Gasteiger charge is 2.24. The maximum Gasteiger partial charge on any atom is 0.430 e. The second-order valence-electron chi connectivity index (χ2n) is 8.22. The van der Waals surface area contributed by atoms with Crippen LogP contribution in [0, 0.1) is 6.92 Å². The van der Waals surface area contributed by atoms with Gasteiger partial charge in [0.15, 0.2) is 17.2 Å². The minimum Gasteiger partial charge on any atom is -0.442 e. The van der Waals surface area contributed by atoms with Crippen LogP contribution in [0.15, 0.2) is 42.7 Å². The summed E-state index contributed by atoms with van der Waals surface area (Å²) in [5.74, 6) is 4.79. The van der Waals surface area contributed by atoms with Gasteiger partial charge in [-0.2, -0.15) is 5.01 Å². The van der Waals surface area contributed by atoms with Gasteiger partial charge in [0.1, 0.15) is 23.3 Å². The van der Waals surface area contributed by atoms with Crippen LogP contribution in [0.3, 0.4) is 0 Å². The summed E-state index contributed by atoms with van der Waals surface area (Å²) < 4.78 is 6.83. The first kappa shape index (κ1) is 22.1. The molecule has 2 aromatic heterocycles. The van der Waals surface area contributed by atoms with Crippen molar-refractivity contribution >= 4 is 35.1 Å². The van der Waals surface area contributed by atoms with E-state index in [0.29, 0.717) is 23.0 Å². The number of nitrogens with zero attached hydrogens (tertiary/aromatic N) is 4. The van der Waals surface area contributed by atoms with Crippen molar-refractivity contribution in [1.82, 2.24) is 14.5 Å². The highest BCUT2D eigenvalue weighted by atomic mass is 16.6. The number of amides is 1. The summed E-state index contributed by atoms with van der Waals surface area (Å²) in [6, 6.07) is 8.93. The molecule has 0 spiro atoms. The first-order chi connectivity index (χ1) is 14.6. The van der Waals surface area contributed by atoms with Gasteiger partial charge in [-0.05, 0) is 39.3 Å². The van der Waals surface area contributed by atoms with Gasteiger partial charge in [0, 0.05) is 6.20 Å². The number of aldehydes is 1. The molecule has 9 nitrogen and oxygen atoms in total. The number of Topliss-reactive ketones (excluding diaryl/α,β-unsaturated/α-hetero) is 1. The lowest BCUT2D eigenvalue weighted by molar-refractivity contribution is -0.124. The molecule has 31 heavy (non-hydrogen) atoms. The van der Waals surface area contributed by atoms with Crippen molar-refractivity contribution < 1.29 is 19.1 Å². The monoisotopic (exact) mass is 423 g/mol. The summed E-state index contributed by atoms with van der Waals surface area (Å²) in [4.78, 5) is 45.1. The van der Waals surface area contributed by atoms with Crippen LogP contribution in [0.25, 0.3) is 11.2 Å². The number of benzene rings is 1. The SMILES string of the molecule is Cc1ccc(C(C=O)C(=O)Cn2ccc3nc(N(N)C(=O)OC(C)(C)C)cnc32)cc1. The summed E-state index contributed by atoms with van der Waals surface area (Å²) in [5.41, 5.74) is 1.86. The molecule has 0 bridgehead atoms. The van der Waals surface area contributed by atoms with Crippen molar-refractivity contribution in [2.45, 2.75) is 45.8 Å². The smallest absolute Gasteiger partial charge is 0.430 e. The zero-order valence-electron chi connectivity index (χ0n) is 17.9. The second kappa shape index (κ2) is 8.65. The molecule has 0 radical (unpaired) electrons. The average Bonchev–Trinajstić information content (AvgIpc) is 3.10. The van der Waals surface area contributed by atoms with E-state index in [1.165, 1.54) is 6.20 Å². The van der Waals surface area contributed by atoms with Gasteiger partial charge in [-0.15, -0.1) is 0 Å². The van der Waals surface area contributed by atoms with Gasteiger partial charge in [0.2, 0.25) is 0 Å². The van der Waals surface area contributed by atoms with E-state index in [2.05, 4.69) is 9.97 Å². The van der Waals surface area contributed by atoms with Gasteiger partial charge in [0.25, 0.3) is 0 Å². The molecule has 0 aliphatic rings. The highest BCUT2D eigenvalue weighted by molar-refractivity contribution is 5.99. The van der Waals surface area contributed by atoms with Gasteiger partial charge in [0.05, 0.1) is 12.7 Å². The summed E-state index contributed by atoms with van der Waals surface area (Å²) in [5, 5.41) is 0.778. The summed E-state index contributed by atoms with van der Waals surface area (Å²) >= 11 is 0. The Balaban J connectivity index is 1.79. The van der Waals surface area contributed by atoms with Gasteiger partial charge >= 0.3 is 6.09 Å². The van der Waals surface area contributed by atoms with Crippen LogP contribution in [0.2, 0.25) is 0 Å². The molecule has 3 aromatic rings. The number of aryl methyl sites for hydroxylation is 1. The Morgan fingerprint density at radius 3 is 2.52 bits per heavy atom. The van der Waals surface area contributed by atoms with Crippen LogP contribution in [0.1, 0.15) is 37.8 Å². The lowest BCUT2D eigenvalue weighted by atomic mass is 9.95. The Bertz CT molecular complexity index is 1120. The van der Waals surface area contributed by atoms with E-state index in [1.54, 1.807) is 49.7 Å². The van der Waals surface area contributed by atoms with Crippen LogP contribution in [0.5, 0.6) is 0 Å². The summed E-state index contributed by atoms with van der Waals surface area (Å²) in [6.07, 6.45) is 2.86. The van der Waals surface area contributed by atoms with E-state index >= 15 is 0 Å². The van der Waals surface area contributed by atoms with Crippen molar-refractivity contribution in [2.75, 3.05) is 5.01 Å². The average molecular weight is 423 g/mol. The molecule has 162 valence electrons. The predicted octanol–water partition coefficient (Wildman–Crippen LogP) is 2.91. The molecule has 9 heteroatoms. The number of nitrogens with two attached hydrogens (primary N) is 1. The Kier molecular flexibility index (Phi) is 6.16. The third-order valence-corrected chi connectivity index (χ3v) is 4.53. The molecule has 0 aliphatic heterocycles. The fraction of sp³-hybridized carbons (Fsp3) is 0.318. The first-order valence-electron chi connectivity index (χ1n) is 9.73. The van der Waals surface area contributed by atoms with Crippen molar-refractivity contribution in [2.24, 2.45) is 5.84 Å². The normalized spacial score (nSPS) is 12.4. The third-order valence-electron chi connectivity index (χ3n) is 4.53. The molecule has 2 N–H and O–H groups in total. The number of carbonyl (C=O) groups is 3. The number of rotatable bonds is 6. The van der Waals surface area contributed by atoms with Crippen molar-refractivity contribution in [3.8, 4) is 0 Å². The summed E-state index contributed by atoms with van der Waals surface area (Å²) in [7, 11) is 0. The molecule has 0 saturated heterocycles. The number of fused-ring (bicyclic) bond motifs is 1. The number of hydrogen-bond donors (Lipinski definition) is 1. The highest BCUT2D eigenvalue weighted by Crippen LogP contribution is 2.20. The minimum absolute atomic E-state index is 0.0484. The number of ketones is 1. The van der Waals surface area contributed by atoms with E-state index in [9.17, 15) is 14.4 Å². The topological polar surface area (TPSA) is 120 Å². The predicted molar refractivity (Wildman–Crippen MR) is 115 cm³/mol. The lowest BCUT2D eigenvalue weighted by Gasteiger charge is -2.23. The van der Waals surface area contributed by atoms with E-state index in [4.69, 9.17) is 10.6 Å². The Hall–Kier alpha value is -3.59. The molecular weight excluding hydrogens is 398 g/mol. The molecule has 1 unspecified atom stereocenters. The van der Waals surface area contributed by atoms with E-state index in [1.807, 2.05) is 19.1 Å². The molecule has 0 saturated carbocycles. The zero-order valence-corrected chi connectivity index (χ0v) is 17.9. The van der Waals surface area contributed by atoms with E-state index in [-0.39, 0.29) is 18.1 Å². The number of hydrogen-bond acceptors (Lipinski definition) is 7. The van der Waals surface area contributed by atoms with Gasteiger partial charge < -0.3 is 14.1 Å². The maximum absolute atomic E-state index is 12.8. The molecule has 1 aromatic carbocycles. The fourth-order valence-corrected chi connectivity index (χ4v) is 2.98. The van der Waals surface area contributed by atoms with Crippen LogP contribution in [0.4, 0.5) is 10.6 Å². The van der Waals surface area contributed by atoms with Crippen molar-refractivity contribution in [1.29, 1.82) is 0 Å². The van der Waals surface area contributed by atoms with Crippen LogP contribution in [-0.2, 0) is 20.9 Å². The van der Waals surface area contributed by atoms with Crippen molar-refractivity contribution in [3.63, 3.8) is 0 Å². The standard InChI is InChI=1S/C22H25N5O4/c1-14-5-7-15(8-6-14)16(13-28)18(29)12-26-10-9-17-20(26)24-11-19(25-17)27(23)21(30)31-22(2,3)4/h5-11,13,16H,12,23H2,1-4H3. The largest absolute Gasteiger partial charge is 0.442 e. The molecule has 1 atom stereocenters. The number of aromatic nitrogens is 3. The van der Waals surface area contributed by atoms with E-state index in [0.717, 1.165) is 10.6 Å². The number of carbonyl (C=O) groups excluding carboxylic acids is 3. The Morgan fingerprint density at radius 1 is 1.23 bits per heavy atom. The van der Waals surface area contributed by atoms with Crippen LogP contribution < -0.4 is 10.9 Å². The second-order valence-corrected chi connectivity index (χ2v) is 8.22. The molecule has 1 amide bonds. The third kappa shape index (κ3) is 5.13. The lowest BCUT2D eigenvalue weighted by Crippen LogP contribution is -2.42. The quantitative estimate of drug-likeness (QED) is 0.213. The molecule has 2 heterocycles. The molecule has 0 fully saturated rings. The first-order valence-corrected chi connectivity index (χ1v) is 9.73. The Morgan fingerprint density at radius 2 is 1.90 bits per heavy atom. The van der Waals surface area contributed by atoms with E-state index < -0.39 is 17.6 Å². The van der Waals surface area contributed by atoms with Crippen LogP contribution in [-0.4, -0.2) is 38.3 Å². The molecule has 3 rings (SSSR count). The molecule has 0 aliphatic carbocycles. The zero-order chi connectivity index (χ0) is 22.8. The number of anilines is 1. The van der Waals surface area contributed by atoms with Gasteiger partial charge in [-0.25, -0.2) is 20.6 Å². The molecular formula is C22H25N5O4. The number of ether oxygens (including phenoxy) is 1. The Labute approximate surface area is 179 Å². The van der Waals surface area contributed by atoms with Crippen LogP contribution >= 0.6 is 0 Å². The van der Waals surface area contributed by atoms with Gasteiger partial charge in [-0.1, -0.05) is 29.8 Å². The van der Waals surface area contributed by atoms with Crippen molar-refractivity contribution in [3.05, 3.63) is 53.9 Å². The minimum atomic E-state index is -0.864. The maximum atomic E-state index is 12.8.